The lowest BCUT2D eigenvalue weighted by molar-refractivity contribution is -0.115. The molecule has 0 bridgehead atoms. The lowest BCUT2D eigenvalue weighted by Crippen LogP contribution is -2.25. The lowest BCUT2D eigenvalue weighted by atomic mass is 10.1. The van der Waals surface area contributed by atoms with E-state index in [1.807, 2.05) is 32.0 Å². The third kappa shape index (κ3) is 6.11. The highest BCUT2D eigenvalue weighted by Gasteiger charge is 2.15. The molecule has 2 aromatic carbocycles. The smallest absolute Gasteiger partial charge is 0.237 e. The third-order valence-electron chi connectivity index (χ3n) is 3.74. The summed E-state index contributed by atoms with van der Waals surface area (Å²) in [6.45, 7) is 5.81. The van der Waals surface area contributed by atoms with Gasteiger partial charge in [-0.1, -0.05) is 17.7 Å². The highest BCUT2D eigenvalue weighted by Crippen LogP contribution is 2.18. The van der Waals surface area contributed by atoms with E-state index in [0.717, 1.165) is 11.3 Å². The fraction of sp³-hybridized carbons (Fsp3) is 0.263. The number of carbonyl (C=O) groups is 2. The first-order valence-electron chi connectivity index (χ1n) is 7.90. The SMILES string of the molecule is Cc1ccc(NC(=O)CSC(C)C(=O)Nc2ccc(Cl)cc2)cc1C. The zero-order valence-corrected chi connectivity index (χ0v) is 16.0. The van der Waals surface area contributed by atoms with Crippen LogP contribution in [0.3, 0.4) is 0 Å². The van der Waals surface area contributed by atoms with Gasteiger partial charge < -0.3 is 10.6 Å². The minimum Gasteiger partial charge on any atom is -0.325 e. The number of anilines is 2. The summed E-state index contributed by atoms with van der Waals surface area (Å²) in [6.07, 6.45) is 0. The molecule has 1 atom stereocenters. The van der Waals surface area contributed by atoms with E-state index in [1.54, 1.807) is 31.2 Å². The summed E-state index contributed by atoms with van der Waals surface area (Å²) in [5, 5.41) is 5.93. The van der Waals surface area contributed by atoms with Crippen molar-refractivity contribution in [1.29, 1.82) is 0 Å². The molecule has 2 rings (SSSR count). The summed E-state index contributed by atoms with van der Waals surface area (Å²) >= 11 is 7.11. The Balaban J connectivity index is 1.80. The quantitative estimate of drug-likeness (QED) is 0.771. The van der Waals surface area contributed by atoms with Crippen LogP contribution in [0.4, 0.5) is 11.4 Å². The predicted molar refractivity (Wildman–Crippen MR) is 107 cm³/mol. The summed E-state index contributed by atoms with van der Waals surface area (Å²) in [7, 11) is 0. The van der Waals surface area contributed by atoms with Gasteiger partial charge in [0.25, 0.3) is 0 Å². The average molecular weight is 377 g/mol. The summed E-state index contributed by atoms with van der Waals surface area (Å²) in [4.78, 5) is 24.2. The van der Waals surface area contributed by atoms with Crippen LogP contribution >= 0.6 is 23.4 Å². The summed E-state index contributed by atoms with van der Waals surface area (Å²) in [6, 6.07) is 12.7. The Kier molecular flexibility index (Phi) is 6.91. The highest BCUT2D eigenvalue weighted by atomic mass is 35.5. The maximum absolute atomic E-state index is 12.2. The molecule has 2 amide bonds. The number of rotatable bonds is 6. The number of thioether (sulfide) groups is 1. The van der Waals surface area contributed by atoms with Crippen LogP contribution in [0.5, 0.6) is 0 Å². The molecule has 0 saturated carbocycles. The van der Waals surface area contributed by atoms with Gasteiger partial charge in [0.15, 0.2) is 0 Å². The van der Waals surface area contributed by atoms with Gasteiger partial charge in [0.1, 0.15) is 0 Å². The molecule has 0 aliphatic carbocycles. The average Bonchev–Trinajstić information content (AvgIpc) is 2.58. The summed E-state index contributed by atoms with van der Waals surface area (Å²) < 4.78 is 0. The van der Waals surface area contributed by atoms with Gasteiger partial charge >= 0.3 is 0 Å². The second-order valence-corrected chi connectivity index (χ2v) is 7.56. The fourth-order valence-corrected chi connectivity index (χ4v) is 2.88. The number of benzene rings is 2. The predicted octanol–water partition coefficient (Wildman–Crippen LogP) is 4.66. The van der Waals surface area contributed by atoms with Crippen LogP contribution in [-0.4, -0.2) is 22.8 Å². The molecular formula is C19H21ClN2O2S. The molecule has 132 valence electrons. The van der Waals surface area contributed by atoms with Gasteiger partial charge in [-0.15, -0.1) is 11.8 Å². The maximum atomic E-state index is 12.2. The van der Waals surface area contributed by atoms with Crippen molar-refractivity contribution >= 4 is 46.6 Å². The van der Waals surface area contributed by atoms with Crippen molar-refractivity contribution in [2.24, 2.45) is 0 Å². The molecule has 2 aromatic rings. The standard InChI is InChI=1S/C19H21ClN2O2S/c1-12-4-7-17(10-13(12)2)21-18(23)11-25-14(3)19(24)22-16-8-5-15(20)6-9-16/h4-10,14H,11H2,1-3H3,(H,21,23)(H,22,24). The topological polar surface area (TPSA) is 58.2 Å². The van der Waals surface area contributed by atoms with E-state index < -0.39 is 0 Å². The van der Waals surface area contributed by atoms with Crippen LogP contribution in [-0.2, 0) is 9.59 Å². The van der Waals surface area contributed by atoms with E-state index in [1.165, 1.54) is 17.3 Å². The van der Waals surface area contributed by atoms with E-state index in [0.29, 0.717) is 10.7 Å². The van der Waals surface area contributed by atoms with Crippen molar-refractivity contribution in [2.45, 2.75) is 26.0 Å². The maximum Gasteiger partial charge on any atom is 0.237 e. The molecule has 0 aliphatic heterocycles. The van der Waals surface area contributed by atoms with Gasteiger partial charge in [0.2, 0.25) is 11.8 Å². The Labute approximate surface area is 157 Å². The number of hydrogen-bond acceptors (Lipinski definition) is 3. The Morgan fingerprint density at radius 2 is 1.64 bits per heavy atom. The summed E-state index contributed by atoms with van der Waals surface area (Å²) in [5.74, 6) is -0.0621. The highest BCUT2D eigenvalue weighted by molar-refractivity contribution is 8.01. The molecular weight excluding hydrogens is 356 g/mol. The van der Waals surface area contributed by atoms with Gasteiger partial charge in [-0.3, -0.25) is 9.59 Å². The molecule has 0 aliphatic rings. The van der Waals surface area contributed by atoms with Crippen molar-refractivity contribution in [1.82, 2.24) is 0 Å². The molecule has 0 radical (unpaired) electrons. The van der Waals surface area contributed by atoms with Gasteiger partial charge in [0.05, 0.1) is 11.0 Å². The van der Waals surface area contributed by atoms with Crippen molar-refractivity contribution < 1.29 is 9.59 Å². The fourth-order valence-electron chi connectivity index (χ4n) is 2.07. The van der Waals surface area contributed by atoms with Crippen LogP contribution in [0.1, 0.15) is 18.1 Å². The second-order valence-electron chi connectivity index (χ2n) is 5.80. The van der Waals surface area contributed by atoms with Crippen LogP contribution in [0.2, 0.25) is 5.02 Å². The minimum atomic E-state index is -0.346. The van der Waals surface area contributed by atoms with E-state index in [4.69, 9.17) is 11.6 Å². The first-order valence-corrected chi connectivity index (χ1v) is 9.33. The third-order valence-corrected chi connectivity index (χ3v) is 5.13. The number of aryl methyl sites for hydroxylation is 2. The minimum absolute atomic E-state index is 0.126. The largest absolute Gasteiger partial charge is 0.325 e. The van der Waals surface area contributed by atoms with E-state index in [2.05, 4.69) is 10.6 Å². The van der Waals surface area contributed by atoms with Crippen LogP contribution in [0.15, 0.2) is 42.5 Å². The number of halogens is 1. The molecule has 1 unspecified atom stereocenters. The summed E-state index contributed by atoms with van der Waals surface area (Å²) in [5.41, 5.74) is 3.76. The van der Waals surface area contributed by atoms with Crippen molar-refractivity contribution in [3.8, 4) is 0 Å². The normalized spacial score (nSPS) is 11.7. The second kappa shape index (κ2) is 8.92. The Morgan fingerprint density at radius 3 is 2.28 bits per heavy atom. The van der Waals surface area contributed by atoms with Crippen molar-refractivity contribution in [3.63, 3.8) is 0 Å². The van der Waals surface area contributed by atoms with Crippen LogP contribution in [0, 0.1) is 13.8 Å². The molecule has 0 heterocycles. The molecule has 4 nitrogen and oxygen atoms in total. The van der Waals surface area contributed by atoms with Crippen LogP contribution < -0.4 is 10.6 Å². The molecule has 0 saturated heterocycles. The van der Waals surface area contributed by atoms with Gasteiger partial charge in [0, 0.05) is 16.4 Å². The molecule has 0 spiro atoms. The van der Waals surface area contributed by atoms with E-state index in [-0.39, 0.29) is 22.8 Å². The van der Waals surface area contributed by atoms with Gasteiger partial charge in [-0.25, -0.2) is 0 Å². The molecule has 6 heteroatoms. The van der Waals surface area contributed by atoms with Gasteiger partial charge in [-0.2, -0.15) is 0 Å². The molecule has 25 heavy (non-hydrogen) atoms. The van der Waals surface area contributed by atoms with E-state index in [9.17, 15) is 9.59 Å². The Bertz CT molecular complexity index is 763. The number of carbonyl (C=O) groups excluding carboxylic acids is 2. The monoisotopic (exact) mass is 376 g/mol. The van der Waals surface area contributed by atoms with Crippen LogP contribution in [0.25, 0.3) is 0 Å². The number of nitrogens with one attached hydrogen (secondary N) is 2. The van der Waals surface area contributed by atoms with Crippen molar-refractivity contribution in [2.75, 3.05) is 16.4 Å². The number of amides is 2. The van der Waals surface area contributed by atoms with Gasteiger partial charge in [-0.05, 0) is 68.3 Å². The Hall–Kier alpha value is -1.98. The Morgan fingerprint density at radius 1 is 1.00 bits per heavy atom. The zero-order valence-electron chi connectivity index (χ0n) is 14.4. The first-order chi connectivity index (χ1) is 11.8. The first kappa shape index (κ1) is 19.3. The zero-order chi connectivity index (χ0) is 18.4. The lowest BCUT2D eigenvalue weighted by Gasteiger charge is -2.12. The molecule has 2 N–H and O–H groups in total. The molecule has 0 aromatic heterocycles. The van der Waals surface area contributed by atoms with Crippen molar-refractivity contribution in [3.05, 3.63) is 58.6 Å². The molecule has 0 fully saturated rings. The number of hydrogen-bond donors (Lipinski definition) is 2. The van der Waals surface area contributed by atoms with E-state index >= 15 is 0 Å².